The predicted molar refractivity (Wildman–Crippen MR) is 77.4 cm³/mol. The molecule has 2 aliphatic carbocycles. The molecule has 2 aliphatic rings. The van der Waals surface area contributed by atoms with Crippen LogP contribution >= 0.6 is 0 Å². The van der Waals surface area contributed by atoms with Crippen molar-refractivity contribution in [2.45, 2.75) is 19.3 Å². The highest BCUT2D eigenvalue weighted by Gasteiger charge is 2.73. The maximum atomic E-state index is 12.2. The van der Waals surface area contributed by atoms with Crippen molar-refractivity contribution in [2.75, 3.05) is 13.2 Å². The number of fused-ring (bicyclic) bond motifs is 2. The molecule has 21 heavy (non-hydrogen) atoms. The molecule has 0 heterocycles. The van der Waals surface area contributed by atoms with E-state index >= 15 is 0 Å². The summed E-state index contributed by atoms with van der Waals surface area (Å²) >= 11 is 0. The van der Waals surface area contributed by atoms with Gasteiger partial charge in [0.25, 0.3) is 0 Å². The number of rotatable bonds is 4. The monoisotopic (exact) mass is 286 g/mol. The fourth-order valence-electron chi connectivity index (χ4n) is 3.43. The van der Waals surface area contributed by atoms with Crippen molar-refractivity contribution in [3.63, 3.8) is 0 Å². The van der Waals surface area contributed by atoms with Crippen molar-refractivity contribution >= 4 is 18.0 Å². The molecule has 0 radical (unpaired) electrons. The van der Waals surface area contributed by atoms with Crippen LogP contribution < -0.4 is 0 Å². The second-order valence-corrected chi connectivity index (χ2v) is 5.31. The summed E-state index contributed by atoms with van der Waals surface area (Å²) in [7, 11) is 0. The van der Waals surface area contributed by atoms with Gasteiger partial charge in [0, 0.05) is 5.41 Å². The Kier molecular flexibility index (Phi) is 3.32. The van der Waals surface area contributed by atoms with Crippen LogP contribution in [0.3, 0.4) is 0 Å². The highest BCUT2D eigenvalue weighted by Crippen LogP contribution is 2.65. The summed E-state index contributed by atoms with van der Waals surface area (Å²) in [6, 6.07) is 7.84. The minimum atomic E-state index is -0.574. The number of carbonyl (C=O) groups excluding carboxylic acids is 2. The van der Waals surface area contributed by atoms with Gasteiger partial charge in [-0.25, -0.2) is 0 Å². The Morgan fingerprint density at radius 1 is 1.05 bits per heavy atom. The number of allylic oxidation sites excluding steroid dienone is 1. The molecular formula is C17H18O4. The van der Waals surface area contributed by atoms with E-state index in [-0.39, 0.29) is 11.9 Å². The number of esters is 2. The van der Waals surface area contributed by atoms with Gasteiger partial charge in [0.05, 0.1) is 25.0 Å². The lowest BCUT2D eigenvalue weighted by atomic mass is 9.94. The molecular weight excluding hydrogens is 268 g/mol. The lowest BCUT2D eigenvalue weighted by Crippen LogP contribution is -2.14. The molecule has 0 saturated heterocycles. The van der Waals surface area contributed by atoms with Crippen molar-refractivity contribution in [1.29, 1.82) is 0 Å². The largest absolute Gasteiger partial charge is 0.466 e. The number of carbonyl (C=O) groups is 2. The van der Waals surface area contributed by atoms with Crippen LogP contribution in [0.2, 0.25) is 0 Å². The molecule has 3 rings (SSSR count). The first-order valence-corrected chi connectivity index (χ1v) is 7.28. The molecule has 110 valence electrons. The Balaban J connectivity index is 1.98. The standard InChI is InChI=1S/C17H18O4/c1-3-20-15(18)13-14(16(19)21-4-2)17(13)10-9-11-7-5-6-8-12(11)17/h5-10,13-14H,3-4H2,1-2H3/t13-,14-/m1/s1. The van der Waals surface area contributed by atoms with Crippen LogP contribution in [-0.2, 0) is 24.5 Å². The summed E-state index contributed by atoms with van der Waals surface area (Å²) in [5, 5.41) is 0. The van der Waals surface area contributed by atoms with Gasteiger partial charge in [0.15, 0.2) is 0 Å². The Bertz CT molecular complexity index is 593. The molecule has 1 spiro atoms. The van der Waals surface area contributed by atoms with E-state index in [1.54, 1.807) is 13.8 Å². The Morgan fingerprint density at radius 2 is 1.62 bits per heavy atom. The number of ether oxygens (including phenoxy) is 2. The van der Waals surface area contributed by atoms with Crippen molar-refractivity contribution in [3.8, 4) is 0 Å². The average Bonchev–Trinajstić information content (AvgIpc) is 3.01. The second-order valence-electron chi connectivity index (χ2n) is 5.31. The zero-order valence-corrected chi connectivity index (χ0v) is 12.2. The van der Waals surface area contributed by atoms with Crippen LogP contribution in [0.5, 0.6) is 0 Å². The van der Waals surface area contributed by atoms with Crippen LogP contribution in [0, 0.1) is 11.8 Å². The third kappa shape index (κ3) is 1.89. The summed E-state index contributed by atoms with van der Waals surface area (Å²) in [5.41, 5.74) is 1.49. The lowest BCUT2D eigenvalue weighted by molar-refractivity contribution is -0.150. The Morgan fingerprint density at radius 3 is 2.19 bits per heavy atom. The van der Waals surface area contributed by atoms with E-state index in [1.165, 1.54) is 0 Å². The Hall–Kier alpha value is -2.10. The molecule has 1 fully saturated rings. The van der Waals surface area contributed by atoms with E-state index in [0.29, 0.717) is 13.2 Å². The van der Waals surface area contributed by atoms with Crippen LogP contribution in [-0.4, -0.2) is 25.2 Å². The van der Waals surface area contributed by atoms with E-state index < -0.39 is 17.3 Å². The van der Waals surface area contributed by atoms with Crippen molar-refractivity contribution < 1.29 is 19.1 Å². The topological polar surface area (TPSA) is 52.6 Å². The number of benzene rings is 1. The van der Waals surface area contributed by atoms with E-state index in [9.17, 15) is 9.59 Å². The van der Waals surface area contributed by atoms with Gasteiger partial charge >= 0.3 is 11.9 Å². The first-order chi connectivity index (χ1) is 10.2. The molecule has 4 heteroatoms. The molecule has 0 bridgehead atoms. The minimum absolute atomic E-state index is 0.312. The third-order valence-corrected chi connectivity index (χ3v) is 4.30. The van der Waals surface area contributed by atoms with E-state index in [2.05, 4.69) is 0 Å². The maximum Gasteiger partial charge on any atom is 0.311 e. The third-order valence-electron chi connectivity index (χ3n) is 4.30. The molecule has 0 unspecified atom stereocenters. The SMILES string of the molecule is CCOC(=O)[C@H]1[C@H](C(=O)OCC)C12C=Cc1ccccc12. The van der Waals surface area contributed by atoms with Gasteiger partial charge in [0.2, 0.25) is 0 Å². The molecule has 1 aromatic carbocycles. The maximum absolute atomic E-state index is 12.2. The number of hydrogen-bond acceptors (Lipinski definition) is 4. The normalized spacial score (nSPS) is 28.3. The van der Waals surface area contributed by atoms with Crippen LogP contribution in [0.4, 0.5) is 0 Å². The van der Waals surface area contributed by atoms with E-state index in [1.807, 2.05) is 36.4 Å². The van der Waals surface area contributed by atoms with Gasteiger partial charge in [-0.05, 0) is 25.0 Å². The van der Waals surface area contributed by atoms with Crippen LogP contribution in [0.15, 0.2) is 30.3 Å². The summed E-state index contributed by atoms with van der Waals surface area (Å²) in [5.74, 6) is -1.60. The Labute approximate surface area is 123 Å². The first-order valence-electron chi connectivity index (χ1n) is 7.28. The molecule has 0 aliphatic heterocycles. The van der Waals surface area contributed by atoms with Gasteiger partial charge in [0.1, 0.15) is 0 Å². The smallest absolute Gasteiger partial charge is 0.311 e. The minimum Gasteiger partial charge on any atom is -0.466 e. The fraction of sp³-hybridized carbons (Fsp3) is 0.412. The summed E-state index contributed by atoms with van der Waals surface area (Å²) in [4.78, 5) is 24.5. The zero-order chi connectivity index (χ0) is 15.0. The molecule has 1 saturated carbocycles. The van der Waals surface area contributed by atoms with Crippen molar-refractivity contribution in [2.24, 2.45) is 11.8 Å². The van der Waals surface area contributed by atoms with Gasteiger partial charge in [-0.3, -0.25) is 9.59 Å². The molecule has 0 aromatic heterocycles. The van der Waals surface area contributed by atoms with Gasteiger partial charge < -0.3 is 9.47 Å². The predicted octanol–water partition coefficient (Wildman–Crippen LogP) is 2.32. The number of hydrogen-bond donors (Lipinski definition) is 0. The highest BCUT2D eigenvalue weighted by molar-refractivity contribution is 5.96. The molecule has 0 amide bonds. The quantitative estimate of drug-likeness (QED) is 0.797. The van der Waals surface area contributed by atoms with E-state index in [4.69, 9.17) is 9.47 Å². The second kappa shape index (κ2) is 5.02. The zero-order valence-electron chi connectivity index (χ0n) is 12.2. The molecule has 4 nitrogen and oxygen atoms in total. The van der Waals surface area contributed by atoms with Crippen molar-refractivity contribution in [1.82, 2.24) is 0 Å². The highest BCUT2D eigenvalue weighted by atomic mass is 16.5. The summed E-state index contributed by atoms with van der Waals surface area (Å²) in [6.07, 6.45) is 3.93. The first kappa shape index (κ1) is 13.9. The van der Waals surface area contributed by atoms with Gasteiger partial charge in [-0.2, -0.15) is 0 Å². The van der Waals surface area contributed by atoms with Gasteiger partial charge in [-0.15, -0.1) is 0 Å². The summed E-state index contributed by atoms with van der Waals surface area (Å²) in [6.45, 7) is 4.16. The van der Waals surface area contributed by atoms with Crippen molar-refractivity contribution in [3.05, 3.63) is 41.5 Å². The van der Waals surface area contributed by atoms with Crippen LogP contribution in [0.1, 0.15) is 25.0 Å². The average molecular weight is 286 g/mol. The lowest BCUT2D eigenvalue weighted by Gasteiger charge is -2.11. The molecule has 2 atom stereocenters. The van der Waals surface area contributed by atoms with Gasteiger partial charge in [-0.1, -0.05) is 36.4 Å². The molecule has 0 N–H and O–H groups in total. The van der Waals surface area contributed by atoms with Crippen LogP contribution in [0.25, 0.3) is 6.08 Å². The fourth-order valence-corrected chi connectivity index (χ4v) is 3.43. The summed E-state index contributed by atoms with van der Waals surface area (Å²) < 4.78 is 10.3. The molecule has 1 aromatic rings. The van der Waals surface area contributed by atoms with E-state index in [0.717, 1.165) is 11.1 Å².